The molecule has 1 heterocycles. The Hall–Kier alpha value is -2.11. The molecular weight excluding hydrogens is 301 g/mol. The smallest absolute Gasteiger partial charge is 0.165 e. The van der Waals surface area contributed by atoms with Crippen molar-refractivity contribution >= 4 is 41.2 Å². The average Bonchev–Trinajstić information content (AvgIpc) is 2.42. The summed E-state index contributed by atoms with van der Waals surface area (Å²) in [6, 6.07) is 7.62. The summed E-state index contributed by atoms with van der Waals surface area (Å²) in [5, 5.41) is 15.3. The second-order valence-corrected chi connectivity index (χ2v) is 4.61. The number of nitrogens with zero attached hydrogens (tertiary/aromatic N) is 2. The first-order valence-corrected chi connectivity index (χ1v) is 6.23. The maximum atomic E-state index is 10.6. The Labute approximate surface area is 124 Å². The van der Waals surface area contributed by atoms with E-state index in [9.17, 15) is 9.90 Å². The van der Waals surface area contributed by atoms with E-state index in [0.29, 0.717) is 21.4 Å². The minimum Gasteiger partial charge on any atom is -0.545 e. The van der Waals surface area contributed by atoms with Gasteiger partial charge in [0.1, 0.15) is 0 Å². The van der Waals surface area contributed by atoms with Gasteiger partial charge in [-0.1, -0.05) is 47.5 Å². The van der Waals surface area contributed by atoms with Gasteiger partial charge in [-0.15, -0.1) is 0 Å². The molecule has 0 aliphatic carbocycles. The van der Waals surface area contributed by atoms with E-state index in [1.54, 1.807) is 18.2 Å². The van der Waals surface area contributed by atoms with E-state index in [0.717, 1.165) is 0 Å². The third-order valence-electron chi connectivity index (χ3n) is 2.34. The molecule has 102 valence electrons. The van der Waals surface area contributed by atoms with Gasteiger partial charge in [-0.05, 0) is 17.2 Å². The van der Waals surface area contributed by atoms with Crippen molar-refractivity contribution in [3.05, 3.63) is 57.7 Å². The highest BCUT2D eigenvalue weighted by atomic mass is 35.5. The molecule has 1 aromatic carbocycles. The summed E-state index contributed by atoms with van der Waals surface area (Å²) >= 11 is 11.6. The molecule has 0 atom stereocenters. The monoisotopic (exact) mass is 308 g/mol. The molecular formula is C13H8Cl2N3O2-. The lowest BCUT2D eigenvalue weighted by Crippen LogP contribution is -2.21. The van der Waals surface area contributed by atoms with Crippen molar-refractivity contribution in [1.29, 1.82) is 0 Å². The molecule has 1 N–H and O–H groups in total. The zero-order valence-electron chi connectivity index (χ0n) is 10.0. The minimum absolute atomic E-state index is 0.109. The summed E-state index contributed by atoms with van der Waals surface area (Å²) in [5.41, 5.74) is 3.49. The summed E-state index contributed by atoms with van der Waals surface area (Å²) in [6.07, 6.45) is 2.95. The Bertz CT molecular complexity index is 657. The largest absolute Gasteiger partial charge is 0.545 e. The molecule has 2 rings (SSSR count). The summed E-state index contributed by atoms with van der Waals surface area (Å²) in [6.45, 7) is 0. The number of carboxylic acids is 1. The summed E-state index contributed by atoms with van der Waals surface area (Å²) in [7, 11) is 0. The topological polar surface area (TPSA) is 77.4 Å². The van der Waals surface area contributed by atoms with Gasteiger partial charge in [-0.2, -0.15) is 5.10 Å². The van der Waals surface area contributed by atoms with E-state index in [1.807, 2.05) is 0 Å². The molecule has 0 bridgehead atoms. The molecule has 0 saturated carbocycles. The van der Waals surface area contributed by atoms with Crippen molar-refractivity contribution in [3.63, 3.8) is 0 Å². The molecule has 0 unspecified atom stereocenters. The molecule has 0 spiro atoms. The number of pyridine rings is 1. The summed E-state index contributed by atoms with van der Waals surface area (Å²) < 4.78 is 0. The number of hydrogen-bond acceptors (Lipinski definition) is 5. The van der Waals surface area contributed by atoms with Crippen LogP contribution in [0.3, 0.4) is 0 Å². The number of anilines is 1. The summed E-state index contributed by atoms with van der Waals surface area (Å²) in [4.78, 5) is 14.6. The normalized spacial score (nSPS) is 10.7. The van der Waals surface area contributed by atoms with Crippen LogP contribution < -0.4 is 10.5 Å². The lowest BCUT2D eigenvalue weighted by atomic mass is 10.1. The second kappa shape index (κ2) is 6.36. The van der Waals surface area contributed by atoms with Gasteiger partial charge >= 0.3 is 0 Å². The van der Waals surface area contributed by atoms with E-state index in [2.05, 4.69) is 15.5 Å². The minimum atomic E-state index is -1.22. The van der Waals surface area contributed by atoms with Crippen molar-refractivity contribution in [2.24, 2.45) is 5.10 Å². The summed E-state index contributed by atoms with van der Waals surface area (Å²) in [5.74, 6) is -0.845. The number of nitrogens with one attached hydrogen (secondary N) is 1. The number of rotatable bonds is 4. The number of carboxylic acid groups (broad SMARTS) is 1. The Kier molecular flexibility index (Phi) is 4.55. The fraction of sp³-hybridized carbons (Fsp3) is 0. The number of benzene rings is 1. The first-order valence-electron chi connectivity index (χ1n) is 5.48. The van der Waals surface area contributed by atoms with Crippen LogP contribution in [0.1, 0.15) is 15.9 Å². The molecule has 7 heteroatoms. The Balaban J connectivity index is 2.04. The Morgan fingerprint density at radius 1 is 1.30 bits per heavy atom. The molecule has 0 saturated heterocycles. The van der Waals surface area contributed by atoms with Gasteiger partial charge in [0, 0.05) is 6.20 Å². The SMILES string of the molecule is O=C([O-])c1ccc(/C=N\Nc2ncc(Cl)cc2Cl)cc1. The van der Waals surface area contributed by atoms with E-state index >= 15 is 0 Å². The number of carbonyl (C=O) groups is 1. The van der Waals surface area contributed by atoms with Crippen LogP contribution in [-0.4, -0.2) is 17.2 Å². The maximum absolute atomic E-state index is 10.6. The van der Waals surface area contributed by atoms with Gasteiger partial charge in [0.2, 0.25) is 0 Å². The average molecular weight is 309 g/mol. The standard InChI is InChI=1S/C13H9Cl2N3O2/c14-10-5-11(15)12(16-7-10)18-17-6-8-1-3-9(4-2-8)13(19)20/h1-7H,(H,16,18)(H,19,20)/p-1/b17-6-. The van der Waals surface area contributed by atoms with Crippen molar-refractivity contribution in [2.75, 3.05) is 5.43 Å². The van der Waals surface area contributed by atoms with Gasteiger partial charge in [0.15, 0.2) is 5.82 Å². The van der Waals surface area contributed by atoms with Gasteiger partial charge in [-0.3, -0.25) is 5.43 Å². The lowest BCUT2D eigenvalue weighted by molar-refractivity contribution is -0.255. The first kappa shape index (κ1) is 14.3. The van der Waals surface area contributed by atoms with Crippen LogP contribution in [0.15, 0.2) is 41.6 Å². The molecule has 0 aliphatic rings. The Morgan fingerprint density at radius 3 is 2.60 bits per heavy atom. The number of hydrazone groups is 1. The lowest BCUT2D eigenvalue weighted by Gasteiger charge is -2.03. The molecule has 0 aliphatic heterocycles. The van der Waals surface area contributed by atoms with Gasteiger partial charge in [0.25, 0.3) is 0 Å². The van der Waals surface area contributed by atoms with Gasteiger partial charge in [-0.25, -0.2) is 4.98 Å². The molecule has 1 aromatic heterocycles. The fourth-order valence-electron chi connectivity index (χ4n) is 1.37. The second-order valence-electron chi connectivity index (χ2n) is 3.76. The molecule has 5 nitrogen and oxygen atoms in total. The number of halogens is 2. The van der Waals surface area contributed by atoms with E-state index < -0.39 is 5.97 Å². The molecule has 2 aromatic rings. The highest BCUT2D eigenvalue weighted by molar-refractivity contribution is 6.35. The van der Waals surface area contributed by atoms with Crippen molar-refractivity contribution in [2.45, 2.75) is 0 Å². The van der Waals surface area contributed by atoms with E-state index in [-0.39, 0.29) is 5.56 Å². The van der Waals surface area contributed by atoms with Crippen LogP contribution in [0.2, 0.25) is 10.0 Å². The predicted molar refractivity (Wildman–Crippen MR) is 76.2 cm³/mol. The first-order chi connectivity index (χ1) is 9.56. The number of aromatic carboxylic acids is 1. The third kappa shape index (κ3) is 3.69. The van der Waals surface area contributed by atoms with E-state index in [1.165, 1.54) is 24.5 Å². The maximum Gasteiger partial charge on any atom is 0.165 e. The van der Waals surface area contributed by atoms with Crippen LogP contribution in [0.5, 0.6) is 0 Å². The van der Waals surface area contributed by atoms with E-state index in [4.69, 9.17) is 23.2 Å². The van der Waals surface area contributed by atoms with Crippen LogP contribution in [0, 0.1) is 0 Å². The highest BCUT2D eigenvalue weighted by Gasteiger charge is 2.00. The molecule has 0 amide bonds. The van der Waals surface area contributed by atoms with Crippen LogP contribution in [0.4, 0.5) is 5.82 Å². The van der Waals surface area contributed by atoms with Crippen LogP contribution >= 0.6 is 23.2 Å². The highest BCUT2D eigenvalue weighted by Crippen LogP contribution is 2.22. The fourth-order valence-corrected chi connectivity index (χ4v) is 1.79. The molecule has 0 fully saturated rings. The van der Waals surface area contributed by atoms with Gasteiger partial charge < -0.3 is 9.90 Å². The number of aromatic nitrogens is 1. The predicted octanol–water partition coefficient (Wildman–Crippen LogP) is 2.20. The number of carbonyl (C=O) groups excluding carboxylic acids is 1. The van der Waals surface area contributed by atoms with Crippen molar-refractivity contribution in [1.82, 2.24) is 4.98 Å². The van der Waals surface area contributed by atoms with Crippen LogP contribution in [-0.2, 0) is 0 Å². The zero-order chi connectivity index (χ0) is 14.5. The quantitative estimate of drug-likeness (QED) is 0.694. The van der Waals surface area contributed by atoms with Crippen molar-refractivity contribution < 1.29 is 9.90 Å². The molecule has 0 radical (unpaired) electrons. The Morgan fingerprint density at radius 2 is 2.00 bits per heavy atom. The van der Waals surface area contributed by atoms with Gasteiger partial charge in [0.05, 0.1) is 22.2 Å². The van der Waals surface area contributed by atoms with Crippen molar-refractivity contribution in [3.8, 4) is 0 Å². The van der Waals surface area contributed by atoms with Crippen LogP contribution in [0.25, 0.3) is 0 Å². The number of hydrogen-bond donors (Lipinski definition) is 1. The third-order valence-corrected chi connectivity index (χ3v) is 2.83. The zero-order valence-corrected chi connectivity index (χ0v) is 11.5. The molecule has 20 heavy (non-hydrogen) atoms.